The number of aromatic nitrogens is 1. The molecule has 1 aromatic heterocycles. The van der Waals surface area contributed by atoms with Gasteiger partial charge in [0.15, 0.2) is 5.75 Å². The van der Waals surface area contributed by atoms with E-state index >= 15 is 0 Å². The van der Waals surface area contributed by atoms with Gasteiger partial charge < -0.3 is 19.5 Å². The number of carbonyl (C=O) groups is 2. The van der Waals surface area contributed by atoms with Gasteiger partial charge in [0.25, 0.3) is 5.91 Å². The molecule has 0 spiro atoms. The van der Waals surface area contributed by atoms with E-state index in [-0.39, 0.29) is 23.9 Å². The van der Waals surface area contributed by atoms with Gasteiger partial charge in [-0.05, 0) is 36.4 Å². The predicted octanol–water partition coefficient (Wildman–Crippen LogP) is 3.49. The SMILES string of the molecule is COc1ccc(NC(=O)CN2C(=O)c3cccnc3Oc3ccccc32)c(OC)c1. The van der Waals surface area contributed by atoms with Crippen molar-refractivity contribution in [3.8, 4) is 23.1 Å². The number of anilines is 2. The molecule has 2 aromatic carbocycles. The third-order valence-corrected chi connectivity index (χ3v) is 4.59. The van der Waals surface area contributed by atoms with E-state index in [9.17, 15) is 9.59 Å². The molecule has 0 radical (unpaired) electrons. The second kappa shape index (κ2) is 8.12. The minimum atomic E-state index is -0.394. The average Bonchev–Trinajstić information content (AvgIpc) is 2.89. The Morgan fingerprint density at radius 2 is 1.93 bits per heavy atom. The van der Waals surface area contributed by atoms with E-state index < -0.39 is 5.91 Å². The van der Waals surface area contributed by atoms with Gasteiger partial charge in [-0.2, -0.15) is 0 Å². The quantitative estimate of drug-likeness (QED) is 0.699. The first-order chi connectivity index (χ1) is 14.6. The number of hydrogen-bond acceptors (Lipinski definition) is 6. The number of carbonyl (C=O) groups excluding carboxylic acids is 2. The number of hydrogen-bond donors (Lipinski definition) is 1. The number of para-hydroxylation sites is 2. The molecule has 8 heteroatoms. The Morgan fingerprint density at radius 3 is 2.73 bits per heavy atom. The van der Waals surface area contributed by atoms with Crippen LogP contribution >= 0.6 is 0 Å². The molecule has 2 amide bonds. The highest BCUT2D eigenvalue weighted by Gasteiger charge is 2.30. The number of fused-ring (bicyclic) bond motifs is 2. The number of amides is 2. The fourth-order valence-corrected chi connectivity index (χ4v) is 3.15. The molecule has 0 fully saturated rings. The second-order valence-electron chi connectivity index (χ2n) is 6.43. The van der Waals surface area contributed by atoms with Crippen molar-refractivity contribution in [3.05, 3.63) is 66.4 Å². The van der Waals surface area contributed by atoms with Gasteiger partial charge in [0.1, 0.15) is 23.6 Å². The summed E-state index contributed by atoms with van der Waals surface area (Å²) < 4.78 is 16.3. The Hall–Kier alpha value is -4.07. The lowest BCUT2D eigenvalue weighted by Crippen LogP contribution is -2.37. The second-order valence-corrected chi connectivity index (χ2v) is 6.43. The highest BCUT2D eigenvalue weighted by atomic mass is 16.5. The summed E-state index contributed by atoms with van der Waals surface area (Å²) in [5.74, 6) is 0.924. The van der Waals surface area contributed by atoms with Crippen LogP contribution in [0.2, 0.25) is 0 Å². The van der Waals surface area contributed by atoms with E-state index in [1.165, 1.54) is 12.0 Å². The summed E-state index contributed by atoms with van der Waals surface area (Å²) in [6.07, 6.45) is 1.55. The Balaban J connectivity index is 1.63. The zero-order valence-electron chi connectivity index (χ0n) is 16.4. The van der Waals surface area contributed by atoms with Crippen LogP contribution in [-0.4, -0.2) is 37.6 Å². The van der Waals surface area contributed by atoms with Crippen LogP contribution in [0.1, 0.15) is 10.4 Å². The van der Waals surface area contributed by atoms with Crippen molar-refractivity contribution in [2.75, 3.05) is 31.0 Å². The Kier molecular flexibility index (Phi) is 5.21. The first kappa shape index (κ1) is 19.3. The molecule has 1 aliphatic rings. The smallest absolute Gasteiger partial charge is 0.264 e. The lowest BCUT2D eigenvalue weighted by molar-refractivity contribution is -0.114. The summed E-state index contributed by atoms with van der Waals surface area (Å²) in [5, 5.41) is 2.79. The minimum absolute atomic E-state index is 0.203. The van der Waals surface area contributed by atoms with E-state index in [1.54, 1.807) is 67.9 Å². The normalized spacial score (nSPS) is 12.2. The molecule has 0 saturated carbocycles. The van der Waals surface area contributed by atoms with Gasteiger partial charge in [-0.25, -0.2) is 4.98 Å². The van der Waals surface area contributed by atoms with E-state index in [2.05, 4.69) is 10.3 Å². The predicted molar refractivity (Wildman–Crippen MR) is 111 cm³/mol. The molecule has 2 heterocycles. The van der Waals surface area contributed by atoms with E-state index in [4.69, 9.17) is 14.2 Å². The van der Waals surface area contributed by atoms with Gasteiger partial charge in [-0.3, -0.25) is 14.5 Å². The van der Waals surface area contributed by atoms with Crippen molar-refractivity contribution in [2.24, 2.45) is 0 Å². The number of nitrogens with one attached hydrogen (secondary N) is 1. The van der Waals surface area contributed by atoms with Gasteiger partial charge in [-0.1, -0.05) is 12.1 Å². The first-order valence-corrected chi connectivity index (χ1v) is 9.16. The zero-order chi connectivity index (χ0) is 21.1. The van der Waals surface area contributed by atoms with Crippen LogP contribution in [0.25, 0.3) is 0 Å². The maximum Gasteiger partial charge on any atom is 0.264 e. The van der Waals surface area contributed by atoms with Gasteiger partial charge in [0, 0.05) is 12.3 Å². The molecule has 152 valence electrons. The maximum absolute atomic E-state index is 13.2. The van der Waals surface area contributed by atoms with Crippen molar-refractivity contribution in [1.29, 1.82) is 0 Å². The van der Waals surface area contributed by atoms with Crippen LogP contribution in [0.3, 0.4) is 0 Å². The summed E-state index contributed by atoms with van der Waals surface area (Å²) in [4.78, 5) is 31.5. The highest BCUT2D eigenvalue weighted by molar-refractivity contribution is 6.12. The summed E-state index contributed by atoms with van der Waals surface area (Å²) in [6.45, 7) is -0.220. The van der Waals surface area contributed by atoms with Crippen molar-refractivity contribution >= 4 is 23.2 Å². The number of nitrogens with zero attached hydrogens (tertiary/aromatic N) is 2. The number of methoxy groups -OCH3 is 2. The average molecular weight is 405 g/mol. The fraction of sp³-hybridized carbons (Fsp3) is 0.136. The number of pyridine rings is 1. The summed E-state index contributed by atoms with van der Waals surface area (Å²) in [7, 11) is 3.05. The molecule has 0 saturated heterocycles. The number of rotatable bonds is 5. The zero-order valence-corrected chi connectivity index (χ0v) is 16.4. The van der Waals surface area contributed by atoms with Gasteiger partial charge in [-0.15, -0.1) is 0 Å². The third-order valence-electron chi connectivity index (χ3n) is 4.59. The molecule has 0 unspecified atom stereocenters. The van der Waals surface area contributed by atoms with Crippen LogP contribution in [0.4, 0.5) is 11.4 Å². The Bertz CT molecular complexity index is 1120. The largest absolute Gasteiger partial charge is 0.497 e. The van der Waals surface area contributed by atoms with Gasteiger partial charge in [0.05, 0.1) is 25.6 Å². The summed E-state index contributed by atoms with van der Waals surface area (Å²) in [6, 6.07) is 15.3. The number of ether oxygens (including phenoxy) is 3. The molecule has 0 bridgehead atoms. The molecule has 30 heavy (non-hydrogen) atoms. The van der Waals surface area contributed by atoms with Crippen LogP contribution in [-0.2, 0) is 4.79 Å². The monoisotopic (exact) mass is 405 g/mol. The van der Waals surface area contributed by atoms with Crippen LogP contribution in [0.5, 0.6) is 23.1 Å². The molecule has 0 aliphatic carbocycles. The highest BCUT2D eigenvalue weighted by Crippen LogP contribution is 2.37. The van der Waals surface area contributed by atoms with Crippen molar-refractivity contribution in [1.82, 2.24) is 4.98 Å². The fourth-order valence-electron chi connectivity index (χ4n) is 3.15. The Morgan fingerprint density at radius 1 is 1.10 bits per heavy atom. The lowest BCUT2D eigenvalue weighted by Gasteiger charge is -2.21. The molecule has 1 aliphatic heterocycles. The summed E-state index contributed by atoms with van der Waals surface area (Å²) in [5.41, 5.74) is 1.23. The minimum Gasteiger partial charge on any atom is -0.497 e. The maximum atomic E-state index is 13.2. The number of benzene rings is 2. The molecule has 8 nitrogen and oxygen atoms in total. The first-order valence-electron chi connectivity index (χ1n) is 9.16. The standard InChI is InChI=1S/C22H19N3O5/c1-28-14-9-10-16(19(12-14)29-2)24-20(26)13-25-17-7-3-4-8-18(17)30-21-15(22(25)27)6-5-11-23-21/h3-12H,13H2,1-2H3,(H,24,26). The van der Waals surface area contributed by atoms with Crippen molar-refractivity contribution < 1.29 is 23.8 Å². The molecule has 3 aromatic rings. The molecule has 4 rings (SSSR count). The summed E-state index contributed by atoms with van der Waals surface area (Å²) >= 11 is 0. The van der Waals surface area contributed by atoms with Gasteiger partial charge in [0.2, 0.25) is 11.8 Å². The Labute approximate surface area is 173 Å². The third kappa shape index (κ3) is 3.62. The topological polar surface area (TPSA) is 90.0 Å². The molecule has 1 N–H and O–H groups in total. The van der Waals surface area contributed by atoms with Crippen LogP contribution in [0.15, 0.2) is 60.8 Å². The van der Waals surface area contributed by atoms with Crippen molar-refractivity contribution in [3.63, 3.8) is 0 Å². The van der Waals surface area contributed by atoms with Crippen LogP contribution in [0, 0.1) is 0 Å². The van der Waals surface area contributed by atoms with E-state index in [1.807, 2.05) is 0 Å². The van der Waals surface area contributed by atoms with Gasteiger partial charge >= 0.3 is 0 Å². The molecule has 0 atom stereocenters. The lowest BCUT2D eigenvalue weighted by atomic mass is 10.2. The van der Waals surface area contributed by atoms with E-state index in [0.29, 0.717) is 28.6 Å². The van der Waals surface area contributed by atoms with E-state index in [0.717, 1.165) is 0 Å². The molecular weight excluding hydrogens is 386 g/mol. The molecular formula is C22H19N3O5. The van der Waals surface area contributed by atoms with Crippen molar-refractivity contribution in [2.45, 2.75) is 0 Å². The van der Waals surface area contributed by atoms with Crippen LogP contribution < -0.4 is 24.4 Å².